The molecule has 1 aromatic carbocycles. The minimum Gasteiger partial charge on any atom is -0.309 e. The predicted molar refractivity (Wildman–Crippen MR) is 120 cm³/mol. The number of hydrogen-bond donors (Lipinski definition) is 1. The molecule has 0 aliphatic heterocycles. The lowest BCUT2D eigenvalue weighted by Gasteiger charge is -2.10. The Hall–Kier alpha value is -1.99. The molecule has 2 heterocycles. The van der Waals surface area contributed by atoms with Crippen molar-refractivity contribution in [1.29, 1.82) is 0 Å². The maximum absolute atomic E-state index is 12.6. The summed E-state index contributed by atoms with van der Waals surface area (Å²) < 4.78 is 3.26. The van der Waals surface area contributed by atoms with Crippen molar-refractivity contribution in [2.45, 2.75) is 57.1 Å². The molecule has 3 rings (SSSR count). The summed E-state index contributed by atoms with van der Waals surface area (Å²) in [4.78, 5) is 31.6. The van der Waals surface area contributed by atoms with Crippen LogP contribution in [-0.2, 0) is 13.6 Å². The van der Waals surface area contributed by atoms with Crippen molar-refractivity contribution in [2.75, 3.05) is 5.75 Å². The van der Waals surface area contributed by atoms with E-state index in [-0.39, 0.29) is 0 Å². The van der Waals surface area contributed by atoms with E-state index in [0.29, 0.717) is 22.7 Å². The van der Waals surface area contributed by atoms with Crippen LogP contribution in [0.4, 0.5) is 0 Å². The van der Waals surface area contributed by atoms with Crippen LogP contribution >= 0.6 is 23.4 Å². The lowest BCUT2D eigenvalue weighted by molar-refractivity contribution is 0.626. The lowest BCUT2D eigenvalue weighted by Crippen LogP contribution is -2.29. The van der Waals surface area contributed by atoms with E-state index < -0.39 is 11.2 Å². The number of rotatable bonds is 10. The molecule has 2 aromatic heterocycles. The number of nitrogens with zero attached hydrogens (tertiary/aromatic N) is 3. The highest BCUT2D eigenvalue weighted by Gasteiger charge is 2.18. The molecule has 0 bridgehead atoms. The van der Waals surface area contributed by atoms with Crippen molar-refractivity contribution in [3.05, 3.63) is 55.7 Å². The zero-order chi connectivity index (χ0) is 20.8. The Labute approximate surface area is 179 Å². The van der Waals surface area contributed by atoms with Crippen molar-refractivity contribution < 1.29 is 0 Å². The number of fused-ring (bicyclic) bond motifs is 1. The van der Waals surface area contributed by atoms with E-state index in [9.17, 15) is 9.59 Å². The topological polar surface area (TPSA) is 72.7 Å². The van der Waals surface area contributed by atoms with Crippen molar-refractivity contribution in [2.24, 2.45) is 7.05 Å². The number of aromatic amines is 1. The molecule has 0 atom stereocenters. The van der Waals surface area contributed by atoms with Gasteiger partial charge in [-0.25, -0.2) is 9.78 Å². The number of aryl methyl sites for hydroxylation is 1. The Bertz CT molecular complexity index is 1090. The maximum Gasteiger partial charge on any atom is 0.329 e. The van der Waals surface area contributed by atoms with E-state index >= 15 is 0 Å². The van der Waals surface area contributed by atoms with E-state index in [1.54, 1.807) is 18.8 Å². The van der Waals surface area contributed by atoms with Crippen molar-refractivity contribution in [3.8, 4) is 0 Å². The van der Waals surface area contributed by atoms with Gasteiger partial charge in [0.2, 0.25) is 0 Å². The van der Waals surface area contributed by atoms with Crippen molar-refractivity contribution in [3.63, 3.8) is 0 Å². The smallest absolute Gasteiger partial charge is 0.309 e. The molecule has 0 saturated carbocycles. The van der Waals surface area contributed by atoms with Crippen molar-refractivity contribution in [1.82, 2.24) is 19.1 Å². The maximum atomic E-state index is 12.6. The molecule has 0 saturated heterocycles. The number of nitrogens with one attached hydrogen (secondary N) is 1. The molecule has 156 valence electrons. The summed E-state index contributed by atoms with van der Waals surface area (Å²) in [6, 6.07) is 7.57. The van der Waals surface area contributed by atoms with Gasteiger partial charge < -0.3 is 4.57 Å². The number of aromatic nitrogens is 4. The third-order valence-corrected chi connectivity index (χ3v) is 6.42. The fourth-order valence-corrected chi connectivity index (χ4v) is 4.50. The third-order valence-electron chi connectivity index (χ3n) is 4.99. The van der Waals surface area contributed by atoms with Crippen LogP contribution in [0.1, 0.15) is 51.0 Å². The van der Waals surface area contributed by atoms with Crippen LogP contribution in [0.25, 0.3) is 11.2 Å². The van der Waals surface area contributed by atoms with Crippen LogP contribution in [0, 0.1) is 0 Å². The zero-order valence-electron chi connectivity index (χ0n) is 16.9. The van der Waals surface area contributed by atoms with Crippen LogP contribution in [0.5, 0.6) is 0 Å². The predicted octanol–water partition coefficient (Wildman–Crippen LogP) is 4.58. The van der Waals surface area contributed by atoms with Gasteiger partial charge in [-0.1, -0.05) is 80.6 Å². The summed E-state index contributed by atoms with van der Waals surface area (Å²) >= 11 is 7.97. The first kappa shape index (κ1) is 21.7. The van der Waals surface area contributed by atoms with Crippen LogP contribution in [0.3, 0.4) is 0 Å². The zero-order valence-corrected chi connectivity index (χ0v) is 18.5. The SMILES string of the molecule is CCCCCCCCSc1nc2c(c(=O)[nH]c(=O)n2C)n1Cc1ccccc1Cl. The Balaban J connectivity index is 1.88. The highest BCUT2D eigenvalue weighted by molar-refractivity contribution is 7.99. The number of imidazole rings is 1. The fourth-order valence-electron chi connectivity index (χ4n) is 3.31. The number of benzene rings is 1. The largest absolute Gasteiger partial charge is 0.329 e. The summed E-state index contributed by atoms with van der Waals surface area (Å²) in [6.45, 7) is 2.64. The van der Waals surface area contributed by atoms with E-state index in [0.717, 1.165) is 22.9 Å². The molecule has 0 radical (unpaired) electrons. The van der Waals surface area contributed by atoms with Crippen LogP contribution in [0.2, 0.25) is 5.02 Å². The first-order valence-electron chi connectivity index (χ1n) is 10.1. The summed E-state index contributed by atoms with van der Waals surface area (Å²) in [6.07, 6.45) is 7.35. The molecule has 0 amide bonds. The van der Waals surface area contributed by atoms with Crippen molar-refractivity contribution >= 4 is 34.5 Å². The molecule has 0 aliphatic rings. The average Bonchev–Trinajstić information content (AvgIpc) is 3.06. The molecule has 1 N–H and O–H groups in total. The van der Waals surface area contributed by atoms with Crippen LogP contribution in [0.15, 0.2) is 39.0 Å². The molecule has 29 heavy (non-hydrogen) atoms. The highest BCUT2D eigenvalue weighted by Crippen LogP contribution is 2.26. The summed E-state index contributed by atoms with van der Waals surface area (Å²) in [7, 11) is 1.62. The first-order valence-corrected chi connectivity index (χ1v) is 11.4. The molecule has 6 nitrogen and oxygen atoms in total. The van der Waals surface area contributed by atoms with Crippen LogP contribution in [-0.4, -0.2) is 24.9 Å². The molecule has 0 fully saturated rings. The molecule has 0 spiro atoms. The molecular formula is C21H27ClN4O2S. The Morgan fingerprint density at radius 2 is 1.83 bits per heavy atom. The fraction of sp³-hybridized carbons (Fsp3) is 0.476. The van der Waals surface area contributed by atoms with Gasteiger partial charge in [-0.3, -0.25) is 14.3 Å². The molecule has 3 aromatic rings. The summed E-state index contributed by atoms with van der Waals surface area (Å²) in [5, 5.41) is 1.38. The van der Waals surface area contributed by atoms with Gasteiger partial charge in [0.25, 0.3) is 5.56 Å². The van der Waals surface area contributed by atoms with Gasteiger partial charge in [0.1, 0.15) is 0 Å². The monoisotopic (exact) mass is 434 g/mol. The highest BCUT2D eigenvalue weighted by atomic mass is 35.5. The summed E-state index contributed by atoms with van der Waals surface area (Å²) in [5.41, 5.74) is 0.822. The van der Waals surface area contributed by atoms with E-state index in [1.807, 2.05) is 28.8 Å². The second-order valence-corrected chi connectivity index (χ2v) is 8.65. The Kier molecular flexibility index (Phi) is 7.61. The number of H-pyrrole nitrogens is 1. The third kappa shape index (κ3) is 5.14. The van der Waals surface area contributed by atoms with Gasteiger partial charge in [0.15, 0.2) is 16.3 Å². The van der Waals surface area contributed by atoms with Crippen LogP contribution < -0.4 is 11.2 Å². The quantitative estimate of drug-likeness (QED) is 0.374. The Morgan fingerprint density at radius 1 is 1.10 bits per heavy atom. The molecule has 0 unspecified atom stereocenters. The number of hydrogen-bond acceptors (Lipinski definition) is 4. The number of unbranched alkanes of at least 4 members (excludes halogenated alkanes) is 5. The van der Waals surface area contributed by atoms with Gasteiger partial charge in [0, 0.05) is 17.8 Å². The number of halogens is 1. The minimum atomic E-state index is -0.461. The molecular weight excluding hydrogens is 408 g/mol. The first-order chi connectivity index (χ1) is 14.0. The normalized spacial score (nSPS) is 11.4. The molecule has 8 heteroatoms. The van der Waals surface area contributed by atoms with Gasteiger partial charge in [-0.2, -0.15) is 0 Å². The van der Waals surface area contributed by atoms with Gasteiger partial charge in [0.05, 0.1) is 6.54 Å². The van der Waals surface area contributed by atoms with Gasteiger partial charge in [-0.15, -0.1) is 0 Å². The second kappa shape index (κ2) is 10.2. The minimum absolute atomic E-state index is 0.399. The molecule has 0 aliphatic carbocycles. The van der Waals surface area contributed by atoms with Gasteiger partial charge >= 0.3 is 5.69 Å². The second-order valence-electron chi connectivity index (χ2n) is 7.18. The average molecular weight is 435 g/mol. The van der Waals surface area contributed by atoms with E-state index in [4.69, 9.17) is 11.6 Å². The van der Waals surface area contributed by atoms with E-state index in [1.165, 1.54) is 36.7 Å². The standard InChI is InChI=1S/C21H27ClN4O2S/c1-3-4-5-6-7-10-13-29-21-23-18-17(19(27)24-20(28)25(18)2)26(21)14-15-11-8-9-12-16(15)22/h8-9,11-12H,3-7,10,13-14H2,1-2H3,(H,24,27,28). The van der Waals surface area contributed by atoms with E-state index in [2.05, 4.69) is 16.9 Å². The van der Waals surface area contributed by atoms with Gasteiger partial charge in [-0.05, 0) is 18.1 Å². The Morgan fingerprint density at radius 3 is 2.59 bits per heavy atom. The summed E-state index contributed by atoms with van der Waals surface area (Å²) in [5.74, 6) is 0.920. The lowest BCUT2D eigenvalue weighted by atomic mass is 10.1. The number of thioether (sulfide) groups is 1.